The fraction of sp³-hybridized carbons (Fsp3) is 0.636. The van der Waals surface area contributed by atoms with E-state index in [2.05, 4.69) is 0 Å². The molecule has 0 spiro atoms. The highest BCUT2D eigenvalue weighted by molar-refractivity contribution is 7.91. The fourth-order valence-electron chi connectivity index (χ4n) is 2.33. The maximum atomic E-state index is 11.4. The van der Waals surface area contributed by atoms with Crippen molar-refractivity contribution >= 4 is 9.84 Å². The molecule has 2 rings (SSSR count). The second kappa shape index (κ2) is 4.59. The van der Waals surface area contributed by atoms with Crippen LogP contribution in [0.4, 0.5) is 0 Å². The van der Waals surface area contributed by atoms with Gasteiger partial charge in [-0.15, -0.1) is 0 Å². The minimum Gasteiger partial charge on any atom is -0.469 e. The fourth-order valence-corrected chi connectivity index (χ4v) is 4.24. The van der Waals surface area contributed by atoms with Gasteiger partial charge in [0.25, 0.3) is 0 Å². The third kappa shape index (κ3) is 2.65. The van der Waals surface area contributed by atoms with Gasteiger partial charge >= 0.3 is 0 Å². The molecule has 1 aromatic heterocycles. The number of rotatable bonds is 4. The van der Waals surface area contributed by atoms with Gasteiger partial charge in [0.05, 0.1) is 17.8 Å². The second-order valence-corrected chi connectivity index (χ2v) is 6.67. The third-order valence-corrected chi connectivity index (χ3v) is 5.07. The van der Waals surface area contributed by atoms with E-state index < -0.39 is 9.84 Å². The van der Waals surface area contributed by atoms with Crippen molar-refractivity contribution in [1.82, 2.24) is 0 Å². The Labute approximate surface area is 95.7 Å². The van der Waals surface area contributed by atoms with Gasteiger partial charge in [0.15, 0.2) is 9.84 Å². The average Bonchev–Trinajstić information content (AvgIpc) is 2.83. The van der Waals surface area contributed by atoms with Crippen molar-refractivity contribution in [1.29, 1.82) is 0 Å². The smallest absolute Gasteiger partial charge is 0.150 e. The van der Waals surface area contributed by atoms with Crippen molar-refractivity contribution in [2.24, 2.45) is 17.6 Å². The van der Waals surface area contributed by atoms with Crippen LogP contribution in [0.5, 0.6) is 0 Å². The zero-order chi connectivity index (χ0) is 11.6. The van der Waals surface area contributed by atoms with Crippen LogP contribution in [0.2, 0.25) is 0 Å². The van der Waals surface area contributed by atoms with Crippen molar-refractivity contribution in [2.45, 2.75) is 12.8 Å². The molecule has 0 amide bonds. The molecular formula is C11H17NO3S. The highest BCUT2D eigenvalue weighted by atomic mass is 32.2. The lowest BCUT2D eigenvalue weighted by atomic mass is 9.88. The molecule has 0 radical (unpaired) electrons. The van der Waals surface area contributed by atoms with Gasteiger partial charge in [-0.3, -0.25) is 0 Å². The van der Waals surface area contributed by atoms with E-state index in [-0.39, 0.29) is 17.6 Å². The van der Waals surface area contributed by atoms with Crippen molar-refractivity contribution < 1.29 is 12.8 Å². The summed E-state index contributed by atoms with van der Waals surface area (Å²) in [6, 6.07) is 3.75. The summed E-state index contributed by atoms with van der Waals surface area (Å²) in [5.74, 6) is 1.89. The summed E-state index contributed by atoms with van der Waals surface area (Å²) in [7, 11) is -2.82. The molecule has 16 heavy (non-hydrogen) atoms. The Hall–Kier alpha value is -0.810. The molecule has 2 unspecified atom stereocenters. The molecule has 1 aromatic rings. The van der Waals surface area contributed by atoms with E-state index in [1.54, 1.807) is 6.26 Å². The molecule has 0 aliphatic carbocycles. The highest BCUT2D eigenvalue weighted by Gasteiger charge is 2.33. The standard InChI is InChI=1S/C11H17NO3S/c12-7-10(6-11-2-1-4-15-11)9-3-5-16(13,14)8-9/h1-2,4,9-10H,3,5-8,12H2. The molecule has 0 bridgehead atoms. The Morgan fingerprint density at radius 1 is 1.56 bits per heavy atom. The molecule has 90 valence electrons. The molecule has 4 nitrogen and oxygen atoms in total. The largest absolute Gasteiger partial charge is 0.469 e. The maximum absolute atomic E-state index is 11.4. The number of nitrogens with two attached hydrogens (primary N) is 1. The van der Waals surface area contributed by atoms with Gasteiger partial charge in [-0.25, -0.2) is 8.42 Å². The minimum absolute atomic E-state index is 0.195. The van der Waals surface area contributed by atoms with E-state index in [1.807, 2.05) is 12.1 Å². The van der Waals surface area contributed by atoms with Gasteiger partial charge in [-0.1, -0.05) is 0 Å². The number of hydrogen-bond acceptors (Lipinski definition) is 4. The summed E-state index contributed by atoms with van der Waals surface area (Å²) in [4.78, 5) is 0. The zero-order valence-corrected chi connectivity index (χ0v) is 9.95. The van der Waals surface area contributed by atoms with Crippen LogP contribution in [0.15, 0.2) is 22.8 Å². The van der Waals surface area contributed by atoms with Crippen molar-refractivity contribution in [3.8, 4) is 0 Å². The molecular weight excluding hydrogens is 226 g/mol. The van der Waals surface area contributed by atoms with Crippen LogP contribution in [0.25, 0.3) is 0 Å². The Morgan fingerprint density at radius 3 is 2.88 bits per heavy atom. The number of hydrogen-bond donors (Lipinski definition) is 1. The first-order valence-corrected chi connectivity index (χ1v) is 7.36. The van der Waals surface area contributed by atoms with Crippen molar-refractivity contribution in [3.05, 3.63) is 24.2 Å². The first-order valence-electron chi connectivity index (χ1n) is 5.53. The molecule has 5 heteroatoms. The normalized spacial score (nSPS) is 25.7. The molecule has 0 aromatic carbocycles. The van der Waals surface area contributed by atoms with Crippen molar-refractivity contribution in [3.63, 3.8) is 0 Å². The Balaban J connectivity index is 2.01. The summed E-state index contributed by atoms with van der Waals surface area (Å²) in [6.07, 6.45) is 3.11. The van der Waals surface area contributed by atoms with Crippen LogP contribution in [0.1, 0.15) is 12.2 Å². The van der Waals surface area contributed by atoms with Crippen LogP contribution in [-0.2, 0) is 16.3 Å². The zero-order valence-electron chi connectivity index (χ0n) is 9.13. The molecule has 2 N–H and O–H groups in total. The van der Waals surface area contributed by atoms with Gasteiger partial charge in [0.2, 0.25) is 0 Å². The van der Waals surface area contributed by atoms with Crippen LogP contribution < -0.4 is 5.73 Å². The molecule has 1 aliphatic heterocycles. The van der Waals surface area contributed by atoms with Crippen molar-refractivity contribution in [2.75, 3.05) is 18.1 Å². The van der Waals surface area contributed by atoms with Crippen LogP contribution in [0.3, 0.4) is 0 Å². The lowest BCUT2D eigenvalue weighted by Crippen LogP contribution is -2.26. The topological polar surface area (TPSA) is 73.3 Å². The molecule has 1 aliphatic rings. The third-order valence-electron chi connectivity index (χ3n) is 3.28. The Bertz CT molecular complexity index is 424. The summed E-state index contributed by atoms with van der Waals surface area (Å²) < 4.78 is 28.1. The summed E-state index contributed by atoms with van der Waals surface area (Å²) in [5, 5.41) is 0. The molecule has 0 saturated carbocycles. The van der Waals surface area contributed by atoms with Gasteiger partial charge in [0, 0.05) is 6.42 Å². The van der Waals surface area contributed by atoms with E-state index in [0.29, 0.717) is 12.3 Å². The highest BCUT2D eigenvalue weighted by Crippen LogP contribution is 2.28. The molecule has 2 atom stereocenters. The monoisotopic (exact) mass is 243 g/mol. The minimum atomic E-state index is -2.82. The average molecular weight is 243 g/mol. The summed E-state index contributed by atoms with van der Waals surface area (Å²) in [5.41, 5.74) is 5.72. The predicted octanol–water partition coefficient (Wildman–Crippen LogP) is 0.832. The van der Waals surface area contributed by atoms with E-state index >= 15 is 0 Å². The Kier molecular flexibility index (Phi) is 3.35. The SMILES string of the molecule is NCC(Cc1ccco1)C1CCS(=O)(=O)C1. The van der Waals surface area contributed by atoms with Gasteiger partial charge in [-0.2, -0.15) is 0 Å². The first-order chi connectivity index (χ1) is 7.61. The lowest BCUT2D eigenvalue weighted by molar-refractivity contribution is 0.343. The van der Waals surface area contributed by atoms with E-state index in [4.69, 9.17) is 10.2 Å². The summed E-state index contributed by atoms with van der Waals surface area (Å²) >= 11 is 0. The van der Waals surface area contributed by atoms with Gasteiger partial charge in [-0.05, 0) is 36.9 Å². The quantitative estimate of drug-likeness (QED) is 0.850. The number of furan rings is 1. The molecule has 1 saturated heterocycles. The molecule has 1 fully saturated rings. The Morgan fingerprint density at radius 2 is 2.38 bits per heavy atom. The number of sulfone groups is 1. The first kappa shape index (κ1) is 11.7. The lowest BCUT2D eigenvalue weighted by Gasteiger charge is -2.19. The summed E-state index contributed by atoms with van der Waals surface area (Å²) in [6.45, 7) is 0.515. The van der Waals surface area contributed by atoms with Crippen LogP contribution in [-0.4, -0.2) is 26.5 Å². The van der Waals surface area contributed by atoms with Crippen LogP contribution >= 0.6 is 0 Å². The predicted molar refractivity (Wildman–Crippen MR) is 61.7 cm³/mol. The molecule has 2 heterocycles. The van der Waals surface area contributed by atoms with Gasteiger partial charge < -0.3 is 10.2 Å². The van der Waals surface area contributed by atoms with E-state index in [9.17, 15) is 8.42 Å². The van der Waals surface area contributed by atoms with Gasteiger partial charge in [0.1, 0.15) is 5.76 Å². The van der Waals surface area contributed by atoms with Crippen LogP contribution in [0, 0.1) is 11.8 Å². The van der Waals surface area contributed by atoms with E-state index in [0.717, 1.165) is 18.6 Å². The second-order valence-electron chi connectivity index (χ2n) is 4.44. The van der Waals surface area contributed by atoms with E-state index in [1.165, 1.54) is 0 Å². The maximum Gasteiger partial charge on any atom is 0.150 e.